The third-order valence-corrected chi connectivity index (χ3v) is 3.70. The van der Waals surface area contributed by atoms with Crippen LogP contribution >= 0.6 is 11.8 Å². The van der Waals surface area contributed by atoms with Crippen molar-refractivity contribution in [3.63, 3.8) is 0 Å². The fourth-order valence-electron chi connectivity index (χ4n) is 1.87. The number of nitrogens with zero attached hydrogens (tertiary/aromatic N) is 4. The molecular weight excluding hydrogens is 314 g/mol. The van der Waals surface area contributed by atoms with Crippen LogP contribution in [0.25, 0.3) is 5.69 Å². The van der Waals surface area contributed by atoms with Gasteiger partial charge in [-0.25, -0.2) is 0 Å². The predicted molar refractivity (Wildman–Crippen MR) is 87.8 cm³/mol. The fraction of sp³-hybridized carbons (Fsp3) is 0.400. The Balaban J connectivity index is 2.12. The molecule has 0 spiro atoms. The summed E-state index contributed by atoms with van der Waals surface area (Å²) in [4.78, 5) is 23.4. The zero-order valence-electron chi connectivity index (χ0n) is 13.5. The number of amides is 1. The van der Waals surface area contributed by atoms with E-state index >= 15 is 0 Å². The van der Waals surface area contributed by atoms with Crippen LogP contribution in [-0.2, 0) is 4.79 Å². The molecule has 2 aromatic rings. The number of carbonyl (C=O) groups excluding carboxylic acids is 2. The van der Waals surface area contributed by atoms with E-state index in [0.717, 1.165) is 0 Å². The van der Waals surface area contributed by atoms with Crippen molar-refractivity contribution in [2.75, 3.05) is 5.75 Å². The van der Waals surface area contributed by atoms with Crippen LogP contribution < -0.4 is 5.32 Å². The van der Waals surface area contributed by atoms with Crippen LogP contribution in [0.2, 0.25) is 0 Å². The minimum atomic E-state index is -0.278. The van der Waals surface area contributed by atoms with Gasteiger partial charge in [-0.15, -0.1) is 5.10 Å². The van der Waals surface area contributed by atoms with E-state index in [0.29, 0.717) is 16.4 Å². The minimum absolute atomic E-state index is 0.0290. The number of rotatable bonds is 5. The molecule has 0 fully saturated rings. The summed E-state index contributed by atoms with van der Waals surface area (Å²) in [5.41, 5.74) is 0.986. The molecule has 2 rings (SSSR count). The van der Waals surface area contributed by atoms with Crippen LogP contribution in [0.4, 0.5) is 0 Å². The molecule has 0 aliphatic carbocycles. The number of carbonyl (C=O) groups is 2. The number of nitrogens with one attached hydrogen (secondary N) is 1. The van der Waals surface area contributed by atoms with Crippen molar-refractivity contribution in [2.45, 2.75) is 38.4 Å². The van der Waals surface area contributed by atoms with E-state index in [1.165, 1.54) is 23.4 Å². The van der Waals surface area contributed by atoms with Crippen LogP contribution in [-0.4, -0.2) is 43.2 Å². The maximum absolute atomic E-state index is 11.9. The molecule has 1 amide bonds. The Morgan fingerprint density at radius 3 is 2.70 bits per heavy atom. The van der Waals surface area contributed by atoms with Gasteiger partial charge in [0.15, 0.2) is 5.78 Å². The number of aromatic nitrogens is 4. The van der Waals surface area contributed by atoms with Gasteiger partial charge in [0, 0.05) is 11.1 Å². The van der Waals surface area contributed by atoms with Crippen LogP contribution in [0.15, 0.2) is 29.4 Å². The molecule has 0 aliphatic rings. The first-order chi connectivity index (χ1) is 10.8. The maximum atomic E-state index is 11.9. The van der Waals surface area contributed by atoms with Crippen molar-refractivity contribution in [3.05, 3.63) is 29.8 Å². The lowest BCUT2D eigenvalue weighted by atomic mass is 10.1. The lowest BCUT2D eigenvalue weighted by Gasteiger charge is -2.20. The highest BCUT2D eigenvalue weighted by molar-refractivity contribution is 7.99. The monoisotopic (exact) mass is 333 g/mol. The zero-order valence-corrected chi connectivity index (χ0v) is 14.3. The second-order valence-corrected chi connectivity index (χ2v) is 7.01. The summed E-state index contributed by atoms with van der Waals surface area (Å²) in [6.07, 6.45) is 0. The summed E-state index contributed by atoms with van der Waals surface area (Å²) in [6.45, 7) is 7.28. The van der Waals surface area contributed by atoms with Crippen molar-refractivity contribution < 1.29 is 9.59 Å². The first-order valence-corrected chi connectivity index (χ1v) is 8.08. The number of hydrogen-bond donors (Lipinski definition) is 1. The third kappa shape index (κ3) is 4.88. The van der Waals surface area contributed by atoms with Gasteiger partial charge in [-0.1, -0.05) is 23.9 Å². The molecule has 0 atom stereocenters. The maximum Gasteiger partial charge on any atom is 0.230 e. The standard InChI is InChI=1S/C15H19N5O2S/c1-10(21)11-6-5-7-12(8-11)20-14(17-18-19-20)23-9-13(22)16-15(2,3)4/h5-8H,9H2,1-4H3,(H,16,22). The molecule has 0 bridgehead atoms. The number of thioether (sulfide) groups is 1. The Hall–Kier alpha value is -2.22. The fourth-order valence-corrected chi connectivity index (χ4v) is 2.56. The summed E-state index contributed by atoms with van der Waals surface area (Å²) in [5.74, 6) is 0.0950. The van der Waals surface area contributed by atoms with Gasteiger partial charge in [0.2, 0.25) is 11.1 Å². The molecule has 0 aliphatic heterocycles. The Kier molecular flexibility index (Phi) is 5.15. The van der Waals surface area contributed by atoms with Crippen molar-refractivity contribution in [1.82, 2.24) is 25.5 Å². The van der Waals surface area contributed by atoms with Crippen molar-refractivity contribution >= 4 is 23.5 Å². The van der Waals surface area contributed by atoms with E-state index < -0.39 is 0 Å². The Labute approximate surface area is 138 Å². The summed E-state index contributed by atoms with van der Waals surface area (Å²) in [6, 6.07) is 7.04. The smallest absolute Gasteiger partial charge is 0.230 e. The largest absolute Gasteiger partial charge is 0.351 e. The highest BCUT2D eigenvalue weighted by Crippen LogP contribution is 2.19. The molecule has 7 nitrogen and oxygen atoms in total. The first kappa shape index (κ1) is 17.1. The van der Waals surface area contributed by atoms with Crippen LogP contribution in [0.3, 0.4) is 0 Å². The van der Waals surface area contributed by atoms with Crippen LogP contribution in [0, 0.1) is 0 Å². The highest BCUT2D eigenvalue weighted by atomic mass is 32.2. The van der Waals surface area contributed by atoms with Gasteiger partial charge in [0.1, 0.15) is 0 Å². The van der Waals surface area contributed by atoms with Gasteiger partial charge in [0.05, 0.1) is 11.4 Å². The molecule has 0 saturated heterocycles. The van der Waals surface area contributed by atoms with Crippen molar-refractivity contribution in [3.8, 4) is 5.69 Å². The average Bonchev–Trinajstić information content (AvgIpc) is 2.92. The second-order valence-electron chi connectivity index (χ2n) is 6.07. The Bertz CT molecular complexity index is 721. The molecule has 1 N–H and O–H groups in total. The number of Topliss-reactive ketones (excluding diaryl/α,β-unsaturated/α-hetero) is 1. The van der Waals surface area contributed by atoms with Gasteiger partial charge < -0.3 is 5.32 Å². The predicted octanol–water partition coefficient (Wildman–Crippen LogP) is 1.87. The zero-order chi connectivity index (χ0) is 17.0. The molecule has 0 unspecified atom stereocenters. The van der Waals surface area contributed by atoms with E-state index in [1.54, 1.807) is 18.2 Å². The number of ketones is 1. The van der Waals surface area contributed by atoms with Crippen molar-refractivity contribution in [1.29, 1.82) is 0 Å². The first-order valence-electron chi connectivity index (χ1n) is 7.10. The van der Waals surface area contributed by atoms with Gasteiger partial charge in [0.25, 0.3) is 0 Å². The molecule has 1 aromatic carbocycles. The van der Waals surface area contributed by atoms with E-state index in [9.17, 15) is 9.59 Å². The molecule has 0 saturated carbocycles. The Morgan fingerprint density at radius 1 is 1.30 bits per heavy atom. The highest BCUT2D eigenvalue weighted by Gasteiger charge is 2.16. The average molecular weight is 333 g/mol. The second kappa shape index (κ2) is 6.91. The van der Waals surface area contributed by atoms with Gasteiger partial charge >= 0.3 is 0 Å². The number of hydrogen-bond acceptors (Lipinski definition) is 6. The number of benzene rings is 1. The summed E-state index contributed by atoms with van der Waals surface area (Å²) < 4.78 is 1.52. The molecule has 1 heterocycles. The molecule has 23 heavy (non-hydrogen) atoms. The topological polar surface area (TPSA) is 89.8 Å². The molecule has 8 heteroatoms. The molecular formula is C15H19N5O2S. The van der Waals surface area contributed by atoms with Gasteiger partial charge in [-0.05, 0) is 50.3 Å². The van der Waals surface area contributed by atoms with E-state index in [2.05, 4.69) is 20.8 Å². The quantitative estimate of drug-likeness (QED) is 0.664. The lowest BCUT2D eigenvalue weighted by molar-refractivity contribution is -0.119. The van der Waals surface area contributed by atoms with Crippen LogP contribution in [0.1, 0.15) is 38.1 Å². The number of tetrazole rings is 1. The normalized spacial score (nSPS) is 11.3. The SMILES string of the molecule is CC(=O)c1cccc(-n2nnnc2SCC(=O)NC(C)(C)C)c1. The minimum Gasteiger partial charge on any atom is -0.351 e. The van der Waals surface area contributed by atoms with E-state index in [-0.39, 0.29) is 23.0 Å². The van der Waals surface area contributed by atoms with E-state index in [1.807, 2.05) is 26.8 Å². The van der Waals surface area contributed by atoms with Crippen LogP contribution in [0.5, 0.6) is 0 Å². The summed E-state index contributed by atoms with van der Waals surface area (Å²) in [5, 5.41) is 14.9. The van der Waals surface area contributed by atoms with Crippen molar-refractivity contribution in [2.24, 2.45) is 0 Å². The molecule has 0 radical (unpaired) electrons. The lowest BCUT2D eigenvalue weighted by Crippen LogP contribution is -2.41. The third-order valence-electron chi connectivity index (χ3n) is 2.78. The van der Waals surface area contributed by atoms with E-state index in [4.69, 9.17) is 0 Å². The molecule has 1 aromatic heterocycles. The Morgan fingerprint density at radius 2 is 2.04 bits per heavy atom. The van der Waals surface area contributed by atoms with Gasteiger partial charge in [-0.3, -0.25) is 9.59 Å². The summed E-state index contributed by atoms with van der Waals surface area (Å²) >= 11 is 1.24. The summed E-state index contributed by atoms with van der Waals surface area (Å²) in [7, 11) is 0. The van der Waals surface area contributed by atoms with Gasteiger partial charge in [-0.2, -0.15) is 4.68 Å². The molecule has 122 valence electrons.